The van der Waals surface area contributed by atoms with Crippen molar-refractivity contribution < 1.29 is 14.3 Å². The third-order valence-corrected chi connectivity index (χ3v) is 8.13. The molecule has 2 aliphatic rings. The predicted molar refractivity (Wildman–Crippen MR) is 145 cm³/mol. The summed E-state index contributed by atoms with van der Waals surface area (Å²) in [6.07, 6.45) is 3.52. The number of nitrogen functional groups attached to an aromatic ring is 1. The van der Waals surface area contributed by atoms with Gasteiger partial charge >= 0.3 is 5.97 Å². The number of carbonyl (C=O) groups excluding carboxylic acids is 2. The van der Waals surface area contributed by atoms with Crippen molar-refractivity contribution in [3.8, 4) is 11.1 Å². The zero-order valence-electron chi connectivity index (χ0n) is 20.5. The summed E-state index contributed by atoms with van der Waals surface area (Å²) < 4.78 is 6.85. The lowest BCUT2D eigenvalue weighted by atomic mass is 9.93. The Hall–Kier alpha value is -3.07. The largest absolute Gasteiger partial charge is 0.469 e. The highest BCUT2D eigenvalue weighted by Crippen LogP contribution is 2.39. The molecule has 1 aromatic heterocycles. The summed E-state index contributed by atoms with van der Waals surface area (Å²) in [6, 6.07) is 12.8. The Morgan fingerprint density at radius 2 is 1.73 bits per heavy atom. The fourth-order valence-corrected chi connectivity index (χ4v) is 5.84. The lowest BCUT2D eigenvalue weighted by molar-refractivity contribution is -0.147. The van der Waals surface area contributed by atoms with Gasteiger partial charge in [0.05, 0.1) is 46.2 Å². The van der Waals surface area contributed by atoms with E-state index in [4.69, 9.17) is 33.7 Å². The van der Waals surface area contributed by atoms with Gasteiger partial charge in [-0.05, 0) is 57.0 Å². The van der Waals surface area contributed by atoms with E-state index in [1.807, 2.05) is 35.0 Å². The quantitative estimate of drug-likeness (QED) is 0.330. The third-order valence-electron chi connectivity index (χ3n) is 7.30. The van der Waals surface area contributed by atoms with Crippen molar-refractivity contribution in [3.05, 3.63) is 63.9 Å². The van der Waals surface area contributed by atoms with Crippen LogP contribution in [-0.4, -0.2) is 46.8 Å². The molecule has 0 radical (unpaired) electrons. The number of fused-ring (bicyclic) bond motifs is 1. The Morgan fingerprint density at radius 3 is 2.46 bits per heavy atom. The normalized spacial score (nSPS) is 18.3. The molecular formula is C27H29Cl2N5O3. The second kappa shape index (κ2) is 10.7. The highest BCUT2D eigenvalue weighted by Gasteiger charge is 2.33. The second-order valence-electron chi connectivity index (χ2n) is 9.50. The molecule has 1 saturated heterocycles. The number of likely N-dealkylation sites (tertiary alicyclic amines) is 1. The molecule has 0 saturated carbocycles. The molecule has 5 rings (SSSR count). The van der Waals surface area contributed by atoms with Gasteiger partial charge in [-0.2, -0.15) is 5.10 Å². The Balaban J connectivity index is 1.34. The maximum Gasteiger partial charge on any atom is 0.308 e. The molecule has 3 aromatic rings. The molecule has 10 heteroatoms. The first-order chi connectivity index (χ1) is 17.9. The first kappa shape index (κ1) is 25.6. The van der Waals surface area contributed by atoms with Gasteiger partial charge in [0.25, 0.3) is 5.91 Å². The van der Waals surface area contributed by atoms with E-state index in [9.17, 15) is 9.59 Å². The average Bonchev–Trinajstić information content (AvgIpc) is 3.36. The van der Waals surface area contributed by atoms with Crippen LogP contribution in [-0.2, 0) is 16.1 Å². The van der Waals surface area contributed by atoms with Gasteiger partial charge in [-0.1, -0.05) is 47.5 Å². The van der Waals surface area contributed by atoms with Crippen LogP contribution >= 0.6 is 23.2 Å². The van der Waals surface area contributed by atoms with E-state index < -0.39 is 0 Å². The molecule has 1 amide bonds. The van der Waals surface area contributed by atoms with Crippen LogP contribution in [0.4, 0.5) is 11.4 Å². The smallest absolute Gasteiger partial charge is 0.308 e. The van der Waals surface area contributed by atoms with E-state index in [2.05, 4.69) is 15.3 Å². The minimum atomic E-state index is -0.331. The summed E-state index contributed by atoms with van der Waals surface area (Å²) >= 11 is 13.1. The van der Waals surface area contributed by atoms with E-state index >= 15 is 0 Å². The van der Waals surface area contributed by atoms with Gasteiger partial charge in [0, 0.05) is 17.7 Å². The standard InChI is InChI=1S/C27H29Cl2N5O3/c1-37-27(36)16-10-13-33(14-11-16)22-9-4-12-34-23(22)15-21(32-34)26(35)31-20-8-3-6-18(25(20)29)17-5-2-7-19(30)24(17)28/h2-3,5-8,15-16,22H,4,9-14,30H2,1H3,(H,31,35)/t22-/m0/s1. The van der Waals surface area contributed by atoms with Gasteiger partial charge in [-0.25, -0.2) is 0 Å². The van der Waals surface area contributed by atoms with Gasteiger partial charge in [-0.3, -0.25) is 19.2 Å². The molecule has 0 unspecified atom stereocenters. The summed E-state index contributed by atoms with van der Waals surface area (Å²) in [6.45, 7) is 2.39. The Morgan fingerprint density at radius 1 is 1.03 bits per heavy atom. The van der Waals surface area contributed by atoms with Crippen molar-refractivity contribution in [2.75, 3.05) is 31.2 Å². The van der Waals surface area contributed by atoms with E-state index in [0.29, 0.717) is 38.2 Å². The van der Waals surface area contributed by atoms with Crippen LogP contribution < -0.4 is 11.1 Å². The number of hydrogen-bond donors (Lipinski definition) is 2. The van der Waals surface area contributed by atoms with Crippen LogP contribution in [0, 0.1) is 5.92 Å². The van der Waals surface area contributed by atoms with Crippen LogP contribution in [0.5, 0.6) is 0 Å². The fourth-order valence-electron chi connectivity index (χ4n) is 5.34. The Labute approximate surface area is 225 Å². The summed E-state index contributed by atoms with van der Waals surface area (Å²) in [5.74, 6) is -0.505. The van der Waals surface area contributed by atoms with Crippen LogP contribution in [0.15, 0.2) is 42.5 Å². The lowest BCUT2D eigenvalue weighted by Gasteiger charge is -2.38. The molecule has 0 spiro atoms. The Kier molecular flexibility index (Phi) is 7.42. The van der Waals surface area contributed by atoms with Gasteiger partial charge < -0.3 is 15.8 Å². The Bertz CT molecular complexity index is 1330. The summed E-state index contributed by atoms with van der Waals surface area (Å²) in [5, 5.41) is 8.31. The highest BCUT2D eigenvalue weighted by molar-refractivity contribution is 6.39. The van der Waals surface area contributed by atoms with E-state index in [-0.39, 0.29) is 23.8 Å². The number of amides is 1. The lowest BCUT2D eigenvalue weighted by Crippen LogP contribution is -2.40. The van der Waals surface area contributed by atoms with Crippen molar-refractivity contribution in [3.63, 3.8) is 0 Å². The summed E-state index contributed by atoms with van der Waals surface area (Å²) in [4.78, 5) is 27.5. The number of halogens is 2. The van der Waals surface area contributed by atoms with E-state index in [0.717, 1.165) is 51.0 Å². The topological polar surface area (TPSA) is 102 Å². The molecule has 0 bridgehead atoms. The fraction of sp³-hybridized carbons (Fsp3) is 0.370. The number of benzene rings is 2. The van der Waals surface area contributed by atoms with Gasteiger partial charge in [0.2, 0.25) is 0 Å². The van der Waals surface area contributed by atoms with Crippen molar-refractivity contribution in [2.24, 2.45) is 5.92 Å². The number of piperidine rings is 1. The number of methoxy groups -OCH3 is 1. The molecule has 37 heavy (non-hydrogen) atoms. The first-order valence-electron chi connectivity index (χ1n) is 12.4. The van der Waals surface area contributed by atoms with Crippen LogP contribution in [0.25, 0.3) is 11.1 Å². The number of nitrogens with one attached hydrogen (secondary N) is 1. The number of nitrogens with zero attached hydrogens (tertiary/aromatic N) is 3. The summed E-state index contributed by atoms with van der Waals surface area (Å²) in [7, 11) is 1.44. The number of nitrogens with two attached hydrogens (primary N) is 1. The molecule has 2 aromatic carbocycles. The zero-order valence-corrected chi connectivity index (χ0v) is 22.1. The molecule has 0 aliphatic carbocycles. The first-order valence-corrected chi connectivity index (χ1v) is 13.2. The molecule has 1 fully saturated rings. The van der Waals surface area contributed by atoms with Crippen molar-refractivity contribution in [1.29, 1.82) is 0 Å². The number of esters is 1. The summed E-state index contributed by atoms with van der Waals surface area (Å²) in [5.41, 5.74) is 9.63. The van der Waals surface area contributed by atoms with E-state index in [1.54, 1.807) is 12.1 Å². The number of aryl methyl sites for hydroxylation is 1. The third kappa shape index (κ3) is 5.06. The minimum absolute atomic E-state index is 0.0428. The number of anilines is 2. The van der Waals surface area contributed by atoms with E-state index in [1.165, 1.54) is 7.11 Å². The minimum Gasteiger partial charge on any atom is -0.469 e. The second-order valence-corrected chi connectivity index (χ2v) is 10.3. The van der Waals surface area contributed by atoms with Crippen molar-refractivity contribution in [2.45, 2.75) is 38.3 Å². The molecule has 3 heterocycles. The number of carbonyl (C=O) groups is 2. The maximum absolute atomic E-state index is 13.2. The molecular weight excluding hydrogens is 513 g/mol. The van der Waals surface area contributed by atoms with Crippen LogP contribution in [0.1, 0.15) is 47.9 Å². The number of ether oxygens (including phenoxy) is 1. The monoisotopic (exact) mass is 541 g/mol. The highest BCUT2D eigenvalue weighted by atomic mass is 35.5. The molecule has 194 valence electrons. The average molecular weight is 542 g/mol. The van der Waals surface area contributed by atoms with Gasteiger partial charge in [-0.15, -0.1) is 0 Å². The zero-order chi connectivity index (χ0) is 26.1. The van der Waals surface area contributed by atoms with Crippen LogP contribution in [0.2, 0.25) is 10.0 Å². The SMILES string of the molecule is COC(=O)C1CCN([C@H]2CCCn3nc(C(=O)Nc4cccc(-c5cccc(N)c5Cl)c4Cl)cc32)CC1. The molecule has 8 nitrogen and oxygen atoms in total. The number of rotatable bonds is 5. The van der Waals surface area contributed by atoms with Gasteiger partial charge in [0.15, 0.2) is 5.69 Å². The predicted octanol–water partition coefficient (Wildman–Crippen LogP) is 5.41. The van der Waals surface area contributed by atoms with Crippen molar-refractivity contribution in [1.82, 2.24) is 14.7 Å². The molecule has 2 aliphatic heterocycles. The number of aromatic nitrogens is 2. The van der Waals surface area contributed by atoms with Crippen LogP contribution in [0.3, 0.4) is 0 Å². The van der Waals surface area contributed by atoms with Crippen molar-refractivity contribution >= 4 is 46.5 Å². The maximum atomic E-state index is 13.2. The van der Waals surface area contributed by atoms with Gasteiger partial charge in [0.1, 0.15) is 0 Å². The molecule has 1 atom stereocenters. The number of hydrogen-bond acceptors (Lipinski definition) is 6. The molecule has 3 N–H and O–H groups in total.